The highest BCUT2D eigenvalue weighted by molar-refractivity contribution is 7.99. The number of rotatable bonds is 8. The van der Waals surface area contributed by atoms with Crippen LogP contribution in [-0.2, 0) is 11.2 Å². The number of piperidine rings is 1. The Hall–Kier alpha value is -2.94. The number of ether oxygens (including phenoxy) is 1. The van der Waals surface area contributed by atoms with Crippen molar-refractivity contribution < 1.29 is 22.7 Å². The van der Waals surface area contributed by atoms with E-state index in [0.29, 0.717) is 16.7 Å². The first-order valence-corrected chi connectivity index (χ1v) is 11.4. The Morgan fingerprint density at radius 1 is 1.09 bits per heavy atom. The number of benzene rings is 2. The Labute approximate surface area is 189 Å². The van der Waals surface area contributed by atoms with E-state index in [1.165, 1.54) is 29.5 Å². The van der Waals surface area contributed by atoms with Crippen LogP contribution in [0.3, 0.4) is 0 Å². The van der Waals surface area contributed by atoms with Crippen LogP contribution in [0.2, 0.25) is 0 Å². The molecule has 0 saturated carbocycles. The fourth-order valence-corrected chi connectivity index (χ4v) is 4.38. The normalized spacial score (nSPS) is 14.7. The minimum Gasteiger partial charge on any atom is -0.435 e. The Kier molecular flexibility index (Phi) is 7.36. The lowest BCUT2D eigenvalue weighted by Gasteiger charge is -2.32. The van der Waals surface area contributed by atoms with Gasteiger partial charge in [0.1, 0.15) is 5.75 Å². The standard InChI is InChI=1S/C23H23F2N3O3S/c24-22(25)30-19-8-6-18(7-9-19)21-26-27-23(31-21)32-15-20(29)28-12-10-17(11-13-28)14-16-4-2-1-3-5-16/h1-9,17,22H,10-15H2. The number of carbonyl (C=O) groups excluding carboxylic acids is 1. The van der Waals surface area contributed by atoms with Crippen molar-refractivity contribution in [3.63, 3.8) is 0 Å². The number of carbonyl (C=O) groups is 1. The Morgan fingerprint density at radius 3 is 2.50 bits per heavy atom. The summed E-state index contributed by atoms with van der Waals surface area (Å²) in [6.07, 6.45) is 3.06. The van der Waals surface area contributed by atoms with Crippen LogP contribution in [0.15, 0.2) is 64.2 Å². The van der Waals surface area contributed by atoms with Gasteiger partial charge >= 0.3 is 6.61 Å². The van der Waals surface area contributed by atoms with Gasteiger partial charge in [0.05, 0.1) is 5.75 Å². The smallest absolute Gasteiger partial charge is 0.387 e. The molecule has 1 aliphatic heterocycles. The van der Waals surface area contributed by atoms with Crippen LogP contribution < -0.4 is 4.74 Å². The molecule has 0 aliphatic carbocycles. The second-order valence-electron chi connectivity index (χ2n) is 7.58. The molecule has 2 heterocycles. The minimum absolute atomic E-state index is 0.0519. The summed E-state index contributed by atoms with van der Waals surface area (Å²) in [5, 5.41) is 8.22. The van der Waals surface area contributed by atoms with Gasteiger partial charge in [-0.2, -0.15) is 8.78 Å². The van der Waals surface area contributed by atoms with Gasteiger partial charge in [-0.1, -0.05) is 42.1 Å². The summed E-state index contributed by atoms with van der Waals surface area (Å²) in [5.41, 5.74) is 1.92. The number of thioether (sulfide) groups is 1. The molecule has 0 N–H and O–H groups in total. The van der Waals surface area contributed by atoms with E-state index in [9.17, 15) is 13.6 Å². The molecule has 1 amide bonds. The Balaban J connectivity index is 1.23. The van der Waals surface area contributed by atoms with Crippen LogP contribution >= 0.6 is 11.8 Å². The van der Waals surface area contributed by atoms with Crippen LogP contribution in [0.1, 0.15) is 18.4 Å². The second-order valence-corrected chi connectivity index (χ2v) is 8.51. The molecule has 2 aromatic carbocycles. The SMILES string of the molecule is O=C(CSc1nnc(-c2ccc(OC(F)F)cc2)o1)N1CCC(Cc2ccccc2)CC1. The molecule has 0 spiro atoms. The second kappa shape index (κ2) is 10.6. The third-order valence-corrected chi connectivity index (χ3v) is 6.19. The van der Waals surface area contributed by atoms with Crippen LogP contribution in [-0.4, -0.2) is 46.5 Å². The molecule has 0 radical (unpaired) electrons. The lowest BCUT2D eigenvalue weighted by atomic mass is 9.90. The number of hydrogen-bond acceptors (Lipinski definition) is 6. The highest BCUT2D eigenvalue weighted by Crippen LogP contribution is 2.27. The largest absolute Gasteiger partial charge is 0.435 e. The van der Waals surface area contributed by atoms with Gasteiger partial charge in [0.15, 0.2) is 0 Å². The maximum atomic E-state index is 12.6. The van der Waals surface area contributed by atoms with Crippen LogP contribution in [0, 0.1) is 5.92 Å². The quantitative estimate of drug-likeness (QED) is 0.446. The first-order chi connectivity index (χ1) is 15.6. The molecule has 1 aliphatic rings. The topological polar surface area (TPSA) is 68.5 Å². The molecule has 6 nitrogen and oxygen atoms in total. The summed E-state index contributed by atoms with van der Waals surface area (Å²) >= 11 is 1.20. The van der Waals surface area contributed by atoms with Gasteiger partial charge < -0.3 is 14.1 Å². The molecule has 0 atom stereocenters. The lowest BCUT2D eigenvalue weighted by molar-refractivity contribution is -0.129. The zero-order valence-electron chi connectivity index (χ0n) is 17.3. The predicted molar refractivity (Wildman–Crippen MR) is 117 cm³/mol. The molecular weight excluding hydrogens is 436 g/mol. The van der Waals surface area contributed by atoms with E-state index in [4.69, 9.17) is 4.42 Å². The zero-order chi connectivity index (χ0) is 22.3. The third-order valence-electron chi connectivity index (χ3n) is 5.39. The van der Waals surface area contributed by atoms with E-state index < -0.39 is 6.61 Å². The van der Waals surface area contributed by atoms with Crippen molar-refractivity contribution in [1.29, 1.82) is 0 Å². The van der Waals surface area contributed by atoms with Crippen LogP contribution in [0.25, 0.3) is 11.5 Å². The van der Waals surface area contributed by atoms with E-state index in [2.05, 4.69) is 39.2 Å². The predicted octanol–water partition coefficient (Wildman–Crippen LogP) is 4.91. The number of aromatic nitrogens is 2. The van der Waals surface area contributed by atoms with E-state index in [1.807, 2.05) is 11.0 Å². The van der Waals surface area contributed by atoms with E-state index in [-0.39, 0.29) is 23.3 Å². The van der Waals surface area contributed by atoms with Crippen molar-refractivity contribution in [2.45, 2.75) is 31.1 Å². The number of nitrogens with zero attached hydrogens (tertiary/aromatic N) is 3. The van der Waals surface area contributed by atoms with Gasteiger partial charge in [-0.3, -0.25) is 4.79 Å². The minimum atomic E-state index is -2.88. The number of hydrogen-bond donors (Lipinski definition) is 0. The maximum absolute atomic E-state index is 12.6. The fraction of sp³-hybridized carbons (Fsp3) is 0.348. The van der Waals surface area contributed by atoms with Crippen molar-refractivity contribution in [2.24, 2.45) is 5.92 Å². The van der Waals surface area contributed by atoms with Gasteiger partial charge in [0.2, 0.25) is 11.8 Å². The zero-order valence-corrected chi connectivity index (χ0v) is 18.1. The van der Waals surface area contributed by atoms with E-state index in [0.717, 1.165) is 32.4 Å². The average Bonchev–Trinajstić information content (AvgIpc) is 3.28. The molecule has 4 rings (SSSR count). The summed E-state index contributed by atoms with van der Waals surface area (Å²) in [6, 6.07) is 16.4. The summed E-state index contributed by atoms with van der Waals surface area (Å²) < 4.78 is 34.4. The summed E-state index contributed by atoms with van der Waals surface area (Å²) in [6.45, 7) is -1.35. The lowest BCUT2D eigenvalue weighted by Crippen LogP contribution is -2.39. The Bertz CT molecular complexity index is 1010. The molecule has 1 saturated heterocycles. The van der Waals surface area contributed by atoms with Gasteiger partial charge in [-0.25, -0.2) is 0 Å². The van der Waals surface area contributed by atoms with Crippen molar-refractivity contribution in [2.75, 3.05) is 18.8 Å². The monoisotopic (exact) mass is 459 g/mol. The molecule has 32 heavy (non-hydrogen) atoms. The van der Waals surface area contributed by atoms with E-state index >= 15 is 0 Å². The highest BCUT2D eigenvalue weighted by Gasteiger charge is 2.23. The molecule has 0 bridgehead atoms. The number of amides is 1. The first-order valence-electron chi connectivity index (χ1n) is 10.4. The average molecular weight is 460 g/mol. The number of likely N-dealkylation sites (tertiary alicyclic amines) is 1. The van der Waals surface area contributed by atoms with Crippen molar-refractivity contribution in [3.8, 4) is 17.2 Å². The molecule has 1 fully saturated rings. The van der Waals surface area contributed by atoms with Crippen LogP contribution in [0.5, 0.6) is 5.75 Å². The summed E-state index contributed by atoms with van der Waals surface area (Å²) in [7, 11) is 0. The molecule has 9 heteroatoms. The van der Waals surface area contributed by atoms with Gasteiger partial charge in [0, 0.05) is 18.7 Å². The van der Waals surface area contributed by atoms with Crippen molar-refractivity contribution >= 4 is 17.7 Å². The van der Waals surface area contributed by atoms with Crippen molar-refractivity contribution in [1.82, 2.24) is 15.1 Å². The molecule has 3 aromatic rings. The number of alkyl halides is 2. The van der Waals surface area contributed by atoms with E-state index in [1.54, 1.807) is 12.1 Å². The van der Waals surface area contributed by atoms with Crippen molar-refractivity contribution in [3.05, 3.63) is 60.2 Å². The molecular formula is C23H23F2N3O3S. The molecule has 0 unspecified atom stereocenters. The van der Waals surface area contributed by atoms with Crippen LogP contribution in [0.4, 0.5) is 8.78 Å². The number of halogens is 2. The highest BCUT2D eigenvalue weighted by atomic mass is 32.2. The molecule has 168 valence electrons. The van der Waals surface area contributed by atoms with Gasteiger partial charge in [-0.15, -0.1) is 10.2 Å². The van der Waals surface area contributed by atoms with Gasteiger partial charge in [-0.05, 0) is 55.0 Å². The summed E-state index contributed by atoms with van der Waals surface area (Å²) in [4.78, 5) is 14.5. The summed E-state index contributed by atoms with van der Waals surface area (Å²) in [5.74, 6) is 1.19. The van der Waals surface area contributed by atoms with Gasteiger partial charge in [0.25, 0.3) is 5.22 Å². The Morgan fingerprint density at radius 2 is 1.81 bits per heavy atom. The third kappa shape index (κ3) is 6.06. The first kappa shape index (κ1) is 22.3. The maximum Gasteiger partial charge on any atom is 0.387 e. The molecule has 1 aromatic heterocycles. The fourth-order valence-electron chi connectivity index (χ4n) is 3.71.